The zero-order valence-corrected chi connectivity index (χ0v) is 28.3. The quantitative estimate of drug-likeness (QED) is 0.110. The van der Waals surface area contributed by atoms with Gasteiger partial charge >= 0.3 is 12.1 Å². The minimum Gasteiger partial charge on any atom is -0.467 e. The van der Waals surface area contributed by atoms with Crippen LogP contribution in [0.3, 0.4) is 0 Å². The van der Waals surface area contributed by atoms with Crippen LogP contribution in [0.25, 0.3) is 0 Å². The molecule has 1 unspecified atom stereocenters. The third-order valence-corrected chi connectivity index (χ3v) is 8.00. The number of amides is 2. The van der Waals surface area contributed by atoms with Crippen LogP contribution >= 0.6 is 0 Å². The van der Waals surface area contributed by atoms with Gasteiger partial charge in [0.2, 0.25) is 0 Å². The summed E-state index contributed by atoms with van der Waals surface area (Å²) in [6, 6.07) is 11.4. The van der Waals surface area contributed by atoms with E-state index in [1.165, 1.54) is 49.5 Å². The second kappa shape index (κ2) is 17.4. The lowest BCUT2D eigenvalue weighted by molar-refractivity contribution is -0.192. The Hall–Kier alpha value is -5.01. The van der Waals surface area contributed by atoms with Crippen molar-refractivity contribution in [2.75, 3.05) is 40.9 Å². The number of nitrogens with one attached hydrogen (secondary N) is 1. The SMILES string of the molecule is CCc1ccc(OCOC)c(C(=O)c2ccc(C(=O)OOC(=O)N3CCCCC(NC(=O)c4cc(C)c(OCOC)c(C)c4)C3)cc2)c1F. The van der Waals surface area contributed by atoms with Crippen molar-refractivity contribution >= 4 is 23.8 Å². The number of nitrogens with zero attached hydrogens (tertiary/aromatic N) is 1. The number of carbonyl (C=O) groups is 4. The van der Waals surface area contributed by atoms with Crippen molar-refractivity contribution in [2.24, 2.45) is 0 Å². The number of aryl methyl sites for hydroxylation is 3. The first kappa shape index (κ1) is 36.8. The van der Waals surface area contributed by atoms with E-state index < -0.39 is 23.7 Å². The Morgan fingerprint density at radius 1 is 0.857 bits per heavy atom. The fourth-order valence-electron chi connectivity index (χ4n) is 5.53. The highest BCUT2D eigenvalue weighted by molar-refractivity contribution is 6.11. The highest BCUT2D eigenvalue weighted by Gasteiger charge is 2.27. The molecule has 1 aliphatic rings. The Kier molecular flexibility index (Phi) is 13.1. The standard InChI is InChI=1S/C36H41FN2O10/c1-6-24-14-15-29(46-20-44-4)30(31(24)37)32(40)25-10-12-26(13-11-25)35(42)48-49-36(43)39-16-8-7-9-28(19-39)38-34(41)27-17-22(2)33(23(3)18-27)47-21-45-5/h10-15,17-18,28H,6-9,16,19-21H2,1-5H3,(H,38,41). The summed E-state index contributed by atoms with van der Waals surface area (Å²) in [4.78, 5) is 63.0. The molecule has 12 nitrogen and oxygen atoms in total. The van der Waals surface area contributed by atoms with Gasteiger partial charge in [0.25, 0.3) is 5.91 Å². The van der Waals surface area contributed by atoms with Gasteiger partial charge in [0.15, 0.2) is 19.4 Å². The summed E-state index contributed by atoms with van der Waals surface area (Å²) < 4.78 is 36.1. The average Bonchev–Trinajstić information content (AvgIpc) is 3.34. The van der Waals surface area contributed by atoms with Gasteiger partial charge in [-0.3, -0.25) is 9.59 Å². The minimum absolute atomic E-state index is 0.00628. The van der Waals surface area contributed by atoms with E-state index >= 15 is 4.39 Å². The largest absolute Gasteiger partial charge is 0.467 e. The molecule has 49 heavy (non-hydrogen) atoms. The number of carbonyl (C=O) groups excluding carboxylic acids is 4. The van der Waals surface area contributed by atoms with Crippen molar-refractivity contribution in [3.63, 3.8) is 0 Å². The Bertz CT molecular complexity index is 1640. The van der Waals surface area contributed by atoms with Crippen molar-refractivity contribution in [3.05, 3.63) is 93.3 Å². The molecule has 1 heterocycles. The summed E-state index contributed by atoms with van der Waals surface area (Å²) in [5.41, 5.74) is 2.22. The maximum absolute atomic E-state index is 15.2. The third-order valence-electron chi connectivity index (χ3n) is 8.00. The molecule has 2 amide bonds. The van der Waals surface area contributed by atoms with Crippen molar-refractivity contribution in [2.45, 2.75) is 52.5 Å². The Morgan fingerprint density at radius 3 is 2.16 bits per heavy atom. The molecule has 3 aromatic carbocycles. The number of rotatable bonds is 12. The average molecular weight is 681 g/mol. The maximum atomic E-state index is 15.2. The molecule has 262 valence electrons. The van der Waals surface area contributed by atoms with Crippen LogP contribution < -0.4 is 14.8 Å². The van der Waals surface area contributed by atoms with Gasteiger partial charge in [-0.15, -0.1) is 0 Å². The molecule has 0 aromatic heterocycles. The molecule has 1 saturated heterocycles. The number of benzene rings is 3. The monoisotopic (exact) mass is 680 g/mol. The van der Waals surface area contributed by atoms with Crippen LogP contribution in [0.1, 0.15) is 79.5 Å². The van der Waals surface area contributed by atoms with Crippen LogP contribution in [-0.2, 0) is 25.7 Å². The first-order valence-corrected chi connectivity index (χ1v) is 15.9. The van der Waals surface area contributed by atoms with E-state index in [2.05, 4.69) is 5.32 Å². The summed E-state index contributed by atoms with van der Waals surface area (Å²) in [7, 11) is 2.93. The molecular formula is C36H41FN2O10. The van der Waals surface area contributed by atoms with Gasteiger partial charge in [-0.1, -0.05) is 25.1 Å². The molecule has 1 fully saturated rings. The smallest absolute Gasteiger partial charge is 0.453 e. The lowest BCUT2D eigenvalue weighted by atomic mass is 9.97. The second-order valence-electron chi connectivity index (χ2n) is 11.5. The fourth-order valence-corrected chi connectivity index (χ4v) is 5.53. The lowest BCUT2D eigenvalue weighted by Gasteiger charge is -2.24. The predicted octanol–water partition coefficient (Wildman–Crippen LogP) is 5.69. The topological polar surface area (TPSA) is 139 Å². The fraction of sp³-hybridized carbons (Fsp3) is 0.389. The summed E-state index contributed by atoms with van der Waals surface area (Å²) >= 11 is 0. The van der Waals surface area contributed by atoms with Gasteiger partial charge in [-0.05, 0) is 86.6 Å². The van der Waals surface area contributed by atoms with Gasteiger partial charge < -0.3 is 29.2 Å². The lowest BCUT2D eigenvalue weighted by Crippen LogP contribution is -2.45. The molecule has 1 atom stereocenters. The van der Waals surface area contributed by atoms with E-state index in [1.807, 2.05) is 13.8 Å². The van der Waals surface area contributed by atoms with Gasteiger partial charge in [0.05, 0.1) is 5.56 Å². The van der Waals surface area contributed by atoms with Crippen LogP contribution in [0.5, 0.6) is 11.5 Å². The minimum atomic E-state index is -0.973. The summed E-state index contributed by atoms with van der Waals surface area (Å²) in [6.45, 7) is 5.86. The van der Waals surface area contributed by atoms with Crippen molar-refractivity contribution in [1.82, 2.24) is 10.2 Å². The molecule has 0 spiro atoms. The van der Waals surface area contributed by atoms with Crippen LogP contribution in [0.2, 0.25) is 0 Å². The molecule has 1 aliphatic heterocycles. The van der Waals surface area contributed by atoms with Crippen molar-refractivity contribution in [1.29, 1.82) is 0 Å². The van der Waals surface area contributed by atoms with E-state index in [1.54, 1.807) is 25.1 Å². The van der Waals surface area contributed by atoms with E-state index in [0.717, 1.165) is 17.5 Å². The first-order valence-electron chi connectivity index (χ1n) is 15.9. The van der Waals surface area contributed by atoms with Gasteiger partial charge in [0, 0.05) is 44.5 Å². The predicted molar refractivity (Wildman–Crippen MR) is 175 cm³/mol. The van der Waals surface area contributed by atoms with Crippen LogP contribution in [0, 0.1) is 19.7 Å². The van der Waals surface area contributed by atoms with Crippen molar-refractivity contribution in [3.8, 4) is 11.5 Å². The zero-order chi connectivity index (χ0) is 35.5. The second-order valence-corrected chi connectivity index (χ2v) is 11.5. The maximum Gasteiger partial charge on any atom is 0.453 e. The molecule has 13 heteroatoms. The van der Waals surface area contributed by atoms with Crippen molar-refractivity contribution < 1.29 is 52.3 Å². The van der Waals surface area contributed by atoms with E-state index in [4.69, 9.17) is 28.7 Å². The molecule has 1 N–H and O–H groups in total. The zero-order valence-electron chi connectivity index (χ0n) is 28.3. The molecule has 3 aromatic rings. The number of ketones is 1. The summed E-state index contributed by atoms with van der Waals surface area (Å²) in [6.07, 6.45) is 1.54. The number of likely N-dealkylation sites (tertiary alicyclic amines) is 1. The van der Waals surface area contributed by atoms with E-state index in [-0.39, 0.29) is 54.5 Å². The number of methoxy groups -OCH3 is 2. The van der Waals surface area contributed by atoms with Gasteiger partial charge in [-0.2, -0.15) is 0 Å². The van der Waals surface area contributed by atoms with Gasteiger partial charge in [-0.25, -0.2) is 23.8 Å². The van der Waals surface area contributed by atoms with E-state index in [0.29, 0.717) is 42.7 Å². The van der Waals surface area contributed by atoms with Crippen LogP contribution in [0.4, 0.5) is 9.18 Å². The molecule has 0 aliphatic carbocycles. The Labute approximate surface area is 284 Å². The summed E-state index contributed by atoms with van der Waals surface area (Å²) in [5, 5.41) is 2.99. The molecule has 0 bridgehead atoms. The third kappa shape index (κ3) is 9.33. The van der Waals surface area contributed by atoms with E-state index in [9.17, 15) is 19.2 Å². The molecular weight excluding hydrogens is 639 g/mol. The highest BCUT2D eigenvalue weighted by Crippen LogP contribution is 2.28. The Morgan fingerprint density at radius 2 is 1.51 bits per heavy atom. The number of hydrogen-bond acceptors (Lipinski definition) is 10. The van der Waals surface area contributed by atoms with Crippen LogP contribution in [0.15, 0.2) is 48.5 Å². The van der Waals surface area contributed by atoms with Gasteiger partial charge in [0.1, 0.15) is 22.9 Å². The normalized spacial score (nSPS) is 14.4. The van der Waals surface area contributed by atoms with Crippen LogP contribution in [-0.4, -0.2) is 75.6 Å². The molecule has 0 radical (unpaired) electrons. The Balaban J connectivity index is 1.35. The molecule has 4 rings (SSSR count). The number of hydrogen-bond donors (Lipinski definition) is 1. The highest BCUT2D eigenvalue weighted by atomic mass is 19.1. The summed E-state index contributed by atoms with van der Waals surface area (Å²) in [5.74, 6) is -1.93. The number of halogens is 1. The number of ether oxygens (including phenoxy) is 4. The first-order chi connectivity index (χ1) is 23.6. The molecule has 0 saturated carbocycles.